The summed E-state index contributed by atoms with van der Waals surface area (Å²) in [5.41, 5.74) is 1.15. The Hall–Kier alpha value is -2.37. The van der Waals surface area contributed by atoms with Gasteiger partial charge in [0, 0.05) is 57.9 Å². The first-order chi connectivity index (χ1) is 13.0. The summed E-state index contributed by atoms with van der Waals surface area (Å²) in [5.74, 6) is 0.188. The van der Waals surface area contributed by atoms with E-state index in [2.05, 4.69) is 5.32 Å². The van der Waals surface area contributed by atoms with Crippen LogP contribution in [-0.2, 0) is 20.9 Å². The van der Waals surface area contributed by atoms with Crippen LogP contribution in [0.25, 0.3) is 0 Å². The van der Waals surface area contributed by atoms with E-state index in [0.29, 0.717) is 32.5 Å². The maximum absolute atomic E-state index is 12.5. The van der Waals surface area contributed by atoms with Crippen molar-refractivity contribution >= 4 is 17.7 Å². The maximum atomic E-state index is 12.5. The molecule has 0 bridgehead atoms. The average Bonchev–Trinajstić information content (AvgIpc) is 2.65. The predicted molar refractivity (Wildman–Crippen MR) is 103 cm³/mol. The zero-order valence-corrected chi connectivity index (χ0v) is 16.1. The van der Waals surface area contributed by atoms with Crippen molar-refractivity contribution in [2.45, 2.75) is 45.6 Å². The summed E-state index contributed by atoms with van der Waals surface area (Å²) in [6.07, 6.45) is 3.77. The van der Waals surface area contributed by atoms with E-state index in [0.717, 1.165) is 37.9 Å². The van der Waals surface area contributed by atoms with Crippen LogP contribution < -0.4 is 5.32 Å². The van der Waals surface area contributed by atoms with Crippen molar-refractivity contribution in [3.05, 3.63) is 35.9 Å². The molecule has 1 atom stereocenters. The zero-order chi connectivity index (χ0) is 19.3. The standard InChI is InChI=1S/C21H29N3O3/c1-17(25)22-12-9-20(27)23-13-5-10-21(15-23)11-8-19(26)24(16-21)14-18-6-3-2-4-7-18/h2-4,6-7H,5,8-16H2,1H3,(H,22,25)/t21-/m1/s1. The number of hydrogen-bond acceptors (Lipinski definition) is 3. The molecule has 6 heteroatoms. The molecule has 27 heavy (non-hydrogen) atoms. The van der Waals surface area contributed by atoms with Crippen LogP contribution in [0.15, 0.2) is 30.3 Å². The summed E-state index contributed by atoms with van der Waals surface area (Å²) in [6.45, 7) is 4.68. The van der Waals surface area contributed by atoms with Gasteiger partial charge in [0.25, 0.3) is 0 Å². The van der Waals surface area contributed by atoms with Crippen LogP contribution in [0.2, 0.25) is 0 Å². The van der Waals surface area contributed by atoms with Crippen LogP contribution in [0.3, 0.4) is 0 Å². The van der Waals surface area contributed by atoms with Crippen molar-refractivity contribution in [3.8, 4) is 0 Å². The highest BCUT2D eigenvalue weighted by atomic mass is 16.2. The van der Waals surface area contributed by atoms with Gasteiger partial charge < -0.3 is 15.1 Å². The van der Waals surface area contributed by atoms with Crippen molar-refractivity contribution in [1.29, 1.82) is 0 Å². The molecular formula is C21H29N3O3. The summed E-state index contributed by atoms with van der Waals surface area (Å²) in [6, 6.07) is 10.1. The second-order valence-corrected chi connectivity index (χ2v) is 7.89. The molecule has 3 amide bonds. The molecule has 0 radical (unpaired) electrons. The monoisotopic (exact) mass is 371 g/mol. The minimum Gasteiger partial charge on any atom is -0.356 e. The minimum atomic E-state index is -0.111. The van der Waals surface area contributed by atoms with Crippen molar-refractivity contribution in [3.63, 3.8) is 0 Å². The molecule has 2 aliphatic rings. The van der Waals surface area contributed by atoms with Gasteiger partial charge in [-0.3, -0.25) is 14.4 Å². The van der Waals surface area contributed by atoms with Crippen molar-refractivity contribution in [1.82, 2.24) is 15.1 Å². The number of nitrogens with one attached hydrogen (secondary N) is 1. The van der Waals surface area contributed by atoms with Gasteiger partial charge in [0.1, 0.15) is 0 Å². The van der Waals surface area contributed by atoms with Gasteiger partial charge in [-0.1, -0.05) is 30.3 Å². The molecule has 0 aromatic heterocycles. The van der Waals surface area contributed by atoms with Crippen LogP contribution in [0.1, 0.15) is 44.6 Å². The fourth-order valence-corrected chi connectivity index (χ4v) is 4.31. The molecule has 1 spiro atoms. The molecule has 3 rings (SSSR count). The van der Waals surface area contributed by atoms with Gasteiger partial charge in [0.15, 0.2) is 0 Å². The third-order valence-corrected chi connectivity index (χ3v) is 5.69. The van der Waals surface area contributed by atoms with Crippen molar-refractivity contribution < 1.29 is 14.4 Å². The topological polar surface area (TPSA) is 69.7 Å². The summed E-state index contributed by atoms with van der Waals surface area (Å²) in [5, 5.41) is 2.69. The van der Waals surface area contributed by atoms with Crippen molar-refractivity contribution in [2.24, 2.45) is 5.41 Å². The van der Waals surface area contributed by atoms with Gasteiger partial charge in [-0.15, -0.1) is 0 Å². The molecule has 1 N–H and O–H groups in total. The number of likely N-dealkylation sites (tertiary alicyclic amines) is 2. The van der Waals surface area contributed by atoms with E-state index in [1.807, 2.05) is 40.1 Å². The van der Waals surface area contributed by atoms with Crippen LogP contribution in [0, 0.1) is 5.41 Å². The van der Waals surface area contributed by atoms with Gasteiger partial charge in [0.05, 0.1) is 0 Å². The average molecular weight is 371 g/mol. The SMILES string of the molecule is CC(=O)NCCC(=O)N1CCC[C@@]2(CCC(=O)N(Cc3ccccc3)C2)C1. The lowest BCUT2D eigenvalue weighted by Crippen LogP contribution is -2.55. The van der Waals surface area contributed by atoms with E-state index in [1.54, 1.807) is 0 Å². The lowest BCUT2D eigenvalue weighted by atomic mass is 9.73. The van der Waals surface area contributed by atoms with Crippen LogP contribution in [-0.4, -0.2) is 53.7 Å². The number of amides is 3. The van der Waals surface area contributed by atoms with E-state index in [1.165, 1.54) is 6.92 Å². The van der Waals surface area contributed by atoms with Crippen molar-refractivity contribution in [2.75, 3.05) is 26.2 Å². The Balaban J connectivity index is 1.61. The minimum absolute atomic E-state index is 0.00457. The number of nitrogens with zero attached hydrogens (tertiary/aromatic N) is 2. The Kier molecular flexibility index (Phi) is 6.14. The molecule has 6 nitrogen and oxygen atoms in total. The van der Waals surface area contributed by atoms with E-state index in [-0.39, 0.29) is 23.1 Å². The molecule has 2 aliphatic heterocycles. The molecule has 0 unspecified atom stereocenters. The van der Waals surface area contributed by atoms with Gasteiger partial charge in [-0.05, 0) is 24.8 Å². The normalized spacial score (nSPS) is 22.8. The molecule has 2 heterocycles. The fraction of sp³-hybridized carbons (Fsp3) is 0.571. The van der Waals surface area contributed by atoms with Gasteiger partial charge >= 0.3 is 0 Å². The summed E-state index contributed by atoms with van der Waals surface area (Å²) < 4.78 is 0. The highest BCUT2D eigenvalue weighted by molar-refractivity contribution is 5.79. The number of carbonyl (C=O) groups excluding carboxylic acids is 3. The van der Waals surface area contributed by atoms with E-state index in [4.69, 9.17) is 0 Å². The van der Waals surface area contributed by atoms with Gasteiger partial charge in [-0.25, -0.2) is 0 Å². The Morgan fingerprint density at radius 3 is 2.67 bits per heavy atom. The highest BCUT2D eigenvalue weighted by Gasteiger charge is 2.42. The summed E-state index contributed by atoms with van der Waals surface area (Å²) in [7, 11) is 0. The number of hydrogen-bond donors (Lipinski definition) is 1. The number of piperidine rings is 2. The van der Waals surface area contributed by atoms with E-state index < -0.39 is 0 Å². The first kappa shape index (κ1) is 19.4. The molecule has 1 aromatic carbocycles. The summed E-state index contributed by atoms with van der Waals surface area (Å²) in [4.78, 5) is 39.9. The predicted octanol–water partition coefficient (Wildman–Crippen LogP) is 1.94. The van der Waals surface area contributed by atoms with Crippen LogP contribution >= 0.6 is 0 Å². The largest absolute Gasteiger partial charge is 0.356 e. The number of rotatable bonds is 5. The quantitative estimate of drug-likeness (QED) is 0.860. The Morgan fingerprint density at radius 1 is 1.15 bits per heavy atom. The van der Waals surface area contributed by atoms with E-state index in [9.17, 15) is 14.4 Å². The first-order valence-corrected chi connectivity index (χ1v) is 9.81. The second kappa shape index (κ2) is 8.55. The molecular weight excluding hydrogens is 342 g/mol. The second-order valence-electron chi connectivity index (χ2n) is 7.89. The Bertz CT molecular complexity index is 691. The highest BCUT2D eigenvalue weighted by Crippen LogP contribution is 2.39. The molecule has 1 aromatic rings. The van der Waals surface area contributed by atoms with Crippen LogP contribution in [0.4, 0.5) is 0 Å². The maximum Gasteiger partial charge on any atom is 0.224 e. The molecule has 2 fully saturated rings. The van der Waals surface area contributed by atoms with E-state index >= 15 is 0 Å². The summed E-state index contributed by atoms with van der Waals surface area (Å²) >= 11 is 0. The number of benzene rings is 1. The van der Waals surface area contributed by atoms with Gasteiger partial charge in [0.2, 0.25) is 17.7 Å². The van der Waals surface area contributed by atoms with Crippen LogP contribution in [0.5, 0.6) is 0 Å². The molecule has 2 saturated heterocycles. The molecule has 146 valence electrons. The molecule has 0 saturated carbocycles. The molecule has 0 aliphatic carbocycles. The first-order valence-electron chi connectivity index (χ1n) is 9.81. The van der Waals surface area contributed by atoms with Gasteiger partial charge in [-0.2, -0.15) is 0 Å². The Morgan fingerprint density at radius 2 is 1.93 bits per heavy atom. The Labute approximate surface area is 160 Å². The number of carbonyl (C=O) groups is 3. The lowest BCUT2D eigenvalue weighted by molar-refractivity contribution is -0.143. The third-order valence-electron chi connectivity index (χ3n) is 5.69. The third kappa shape index (κ3) is 5.08. The smallest absolute Gasteiger partial charge is 0.224 e. The zero-order valence-electron chi connectivity index (χ0n) is 16.1. The lowest BCUT2D eigenvalue weighted by Gasteiger charge is -2.48. The fourth-order valence-electron chi connectivity index (χ4n) is 4.31.